The van der Waals surface area contributed by atoms with Crippen molar-refractivity contribution in [2.24, 2.45) is 0 Å². The van der Waals surface area contributed by atoms with Crippen LogP contribution in [0.2, 0.25) is 0 Å². The molecular formula is C21H12N2O3. The third-order valence-corrected chi connectivity index (χ3v) is 4.18. The molecule has 0 aliphatic rings. The second-order valence-electron chi connectivity index (χ2n) is 5.83. The van der Waals surface area contributed by atoms with E-state index in [9.17, 15) is 14.9 Å². The molecule has 4 aromatic rings. The zero-order valence-electron chi connectivity index (χ0n) is 13.5. The van der Waals surface area contributed by atoms with E-state index >= 15 is 0 Å². The van der Waals surface area contributed by atoms with E-state index in [1.165, 1.54) is 0 Å². The number of para-hydroxylation sites is 2. The van der Waals surface area contributed by atoms with E-state index in [1.54, 1.807) is 30.3 Å². The number of pyridine rings is 1. The molecule has 0 aliphatic carbocycles. The van der Waals surface area contributed by atoms with Crippen molar-refractivity contribution in [2.75, 3.05) is 0 Å². The molecular weight excluding hydrogens is 328 g/mol. The first-order chi connectivity index (χ1) is 12.7. The summed E-state index contributed by atoms with van der Waals surface area (Å²) in [6.07, 6.45) is 0. The number of aromatic nitrogens is 1. The zero-order chi connectivity index (χ0) is 18.1. The first-order valence-corrected chi connectivity index (χ1v) is 8.00. The molecule has 4 rings (SSSR count). The van der Waals surface area contributed by atoms with Gasteiger partial charge in [0, 0.05) is 11.5 Å². The lowest BCUT2D eigenvalue weighted by Crippen LogP contribution is -2.15. The highest BCUT2D eigenvalue weighted by atomic mass is 16.3. The average Bonchev–Trinajstić information content (AvgIpc) is 2.68. The SMILES string of the molecule is N#C[C@H](C(=O)c1cc(=O)c2ccccc2o1)c1ccc2ccccc2n1. The molecule has 0 saturated carbocycles. The number of nitriles is 1. The number of rotatable bonds is 3. The van der Waals surface area contributed by atoms with Gasteiger partial charge in [0.1, 0.15) is 5.58 Å². The van der Waals surface area contributed by atoms with Crippen LogP contribution in [0.1, 0.15) is 22.2 Å². The van der Waals surface area contributed by atoms with Gasteiger partial charge in [-0.25, -0.2) is 0 Å². The van der Waals surface area contributed by atoms with E-state index < -0.39 is 11.7 Å². The lowest BCUT2D eigenvalue weighted by Gasteiger charge is -2.09. The summed E-state index contributed by atoms with van der Waals surface area (Å²) >= 11 is 0. The quantitative estimate of drug-likeness (QED) is 0.529. The monoisotopic (exact) mass is 340 g/mol. The van der Waals surface area contributed by atoms with Crippen LogP contribution in [0.4, 0.5) is 0 Å². The molecule has 5 heteroatoms. The molecule has 124 valence electrons. The van der Waals surface area contributed by atoms with E-state index in [0.29, 0.717) is 22.2 Å². The molecule has 1 atom stereocenters. The average molecular weight is 340 g/mol. The summed E-state index contributed by atoms with van der Waals surface area (Å²) in [5.41, 5.74) is 1.01. The van der Waals surface area contributed by atoms with Crippen LogP contribution in [-0.4, -0.2) is 10.8 Å². The summed E-state index contributed by atoms with van der Waals surface area (Å²) in [7, 11) is 0. The third-order valence-electron chi connectivity index (χ3n) is 4.18. The highest BCUT2D eigenvalue weighted by Gasteiger charge is 2.26. The lowest BCUT2D eigenvalue weighted by molar-refractivity contribution is 0.0951. The third kappa shape index (κ3) is 2.64. The summed E-state index contributed by atoms with van der Waals surface area (Å²) in [6, 6.07) is 20.7. The maximum atomic E-state index is 12.8. The van der Waals surface area contributed by atoms with E-state index in [2.05, 4.69) is 4.98 Å². The number of benzene rings is 2. The van der Waals surface area contributed by atoms with E-state index in [0.717, 1.165) is 11.5 Å². The molecule has 0 amide bonds. The van der Waals surface area contributed by atoms with Gasteiger partial charge in [-0.15, -0.1) is 0 Å². The van der Waals surface area contributed by atoms with Crippen molar-refractivity contribution in [3.05, 3.63) is 88.4 Å². The standard InChI is InChI=1S/C21H12N2O3/c22-12-15(17-10-9-13-5-1-3-7-16(13)23-17)21(25)20-11-18(24)14-6-2-4-8-19(14)26-20/h1-11,15H/t15-/m0/s1. The highest BCUT2D eigenvalue weighted by Crippen LogP contribution is 2.23. The summed E-state index contributed by atoms with van der Waals surface area (Å²) in [5, 5.41) is 10.8. The summed E-state index contributed by atoms with van der Waals surface area (Å²) < 4.78 is 5.57. The topological polar surface area (TPSA) is 84.0 Å². The van der Waals surface area contributed by atoms with Gasteiger partial charge in [0.15, 0.2) is 17.1 Å². The molecule has 26 heavy (non-hydrogen) atoms. The highest BCUT2D eigenvalue weighted by molar-refractivity contribution is 6.01. The second kappa shape index (κ2) is 6.26. The molecule has 0 spiro atoms. The number of ketones is 1. The van der Waals surface area contributed by atoms with Crippen LogP contribution >= 0.6 is 0 Å². The number of Topliss-reactive ketones (excluding diaryl/α,β-unsaturated/α-hetero) is 1. The Kier molecular flexibility index (Phi) is 3.79. The predicted molar refractivity (Wildman–Crippen MR) is 96.9 cm³/mol. The van der Waals surface area contributed by atoms with Gasteiger partial charge >= 0.3 is 0 Å². The van der Waals surface area contributed by atoms with Crippen molar-refractivity contribution in [2.45, 2.75) is 5.92 Å². The Balaban J connectivity index is 1.80. The van der Waals surface area contributed by atoms with Crippen LogP contribution in [0.5, 0.6) is 0 Å². The largest absolute Gasteiger partial charge is 0.453 e. The summed E-state index contributed by atoms with van der Waals surface area (Å²) in [4.78, 5) is 29.4. The zero-order valence-corrected chi connectivity index (χ0v) is 13.5. The van der Waals surface area contributed by atoms with Crippen LogP contribution in [0.25, 0.3) is 21.9 Å². The van der Waals surface area contributed by atoms with Gasteiger partial charge < -0.3 is 4.42 Å². The minimum Gasteiger partial charge on any atom is -0.453 e. The van der Waals surface area contributed by atoms with Crippen molar-refractivity contribution >= 4 is 27.7 Å². The van der Waals surface area contributed by atoms with Crippen molar-refractivity contribution in [1.82, 2.24) is 4.98 Å². The van der Waals surface area contributed by atoms with Crippen LogP contribution in [0, 0.1) is 11.3 Å². The summed E-state index contributed by atoms with van der Waals surface area (Å²) in [6.45, 7) is 0. The Hall–Kier alpha value is -3.78. The van der Waals surface area contributed by atoms with Crippen LogP contribution < -0.4 is 5.43 Å². The number of hydrogen-bond acceptors (Lipinski definition) is 5. The van der Waals surface area contributed by atoms with Crippen LogP contribution in [0.3, 0.4) is 0 Å². The number of carbonyl (C=O) groups excluding carboxylic acids is 1. The molecule has 2 aromatic heterocycles. The normalized spacial score (nSPS) is 12.0. The molecule has 0 aliphatic heterocycles. The van der Waals surface area contributed by atoms with E-state index in [-0.39, 0.29) is 11.2 Å². The van der Waals surface area contributed by atoms with E-state index in [4.69, 9.17) is 4.42 Å². The number of nitrogens with zero attached hydrogens (tertiary/aromatic N) is 2. The Labute approximate surface area is 148 Å². The molecule has 0 N–H and O–H groups in total. The minimum atomic E-state index is -1.15. The fourth-order valence-corrected chi connectivity index (χ4v) is 2.87. The molecule has 2 aromatic carbocycles. The smallest absolute Gasteiger partial charge is 0.221 e. The lowest BCUT2D eigenvalue weighted by atomic mass is 9.98. The molecule has 0 bridgehead atoms. The molecule has 0 unspecified atom stereocenters. The van der Waals surface area contributed by atoms with Gasteiger partial charge in [0.2, 0.25) is 5.78 Å². The van der Waals surface area contributed by atoms with Gasteiger partial charge in [-0.05, 0) is 24.3 Å². The fourth-order valence-electron chi connectivity index (χ4n) is 2.87. The Morgan fingerprint density at radius 2 is 1.81 bits per heavy atom. The van der Waals surface area contributed by atoms with Crippen LogP contribution in [-0.2, 0) is 0 Å². The molecule has 0 saturated heterocycles. The Morgan fingerprint density at radius 3 is 2.65 bits per heavy atom. The van der Waals surface area contributed by atoms with Crippen LogP contribution in [0.15, 0.2) is 75.9 Å². The van der Waals surface area contributed by atoms with Gasteiger partial charge in [-0.3, -0.25) is 14.6 Å². The predicted octanol–water partition coefficient (Wildman–Crippen LogP) is 3.83. The van der Waals surface area contributed by atoms with Gasteiger partial charge in [-0.2, -0.15) is 5.26 Å². The van der Waals surface area contributed by atoms with Crippen molar-refractivity contribution in [3.63, 3.8) is 0 Å². The second-order valence-corrected chi connectivity index (χ2v) is 5.83. The van der Waals surface area contributed by atoms with E-state index in [1.807, 2.05) is 36.4 Å². The molecule has 0 radical (unpaired) electrons. The van der Waals surface area contributed by atoms with Gasteiger partial charge in [0.25, 0.3) is 0 Å². The number of carbonyl (C=O) groups is 1. The number of hydrogen-bond donors (Lipinski definition) is 0. The fraction of sp³-hybridized carbons (Fsp3) is 0.0476. The Morgan fingerprint density at radius 1 is 1.04 bits per heavy atom. The molecule has 5 nitrogen and oxygen atoms in total. The maximum absolute atomic E-state index is 12.8. The maximum Gasteiger partial charge on any atom is 0.221 e. The minimum absolute atomic E-state index is 0.143. The molecule has 0 fully saturated rings. The first kappa shape index (κ1) is 15.7. The van der Waals surface area contributed by atoms with Crippen molar-refractivity contribution in [3.8, 4) is 6.07 Å². The Bertz CT molecular complexity index is 1250. The number of fused-ring (bicyclic) bond motifs is 2. The van der Waals surface area contributed by atoms with Gasteiger partial charge in [-0.1, -0.05) is 36.4 Å². The van der Waals surface area contributed by atoms with Gasteiger partial charge in [0.05, 0.1) is 22.7 Å². The van der Waals surface area contributed by atoms with Crippen molar-refractivity contribution in [1.29, 1.82) is 5.26 Å². The van der Waals surface area contributed by atoms with Crippen molar-refractivity contribution < 1.29 is 9.21 Å². The first-order valence-electron chi connectivity index (χ1n) is 8.00. The molecule has 2 heterocycles. The summed E-state index contributed by atoms with van der Waals surface area (Å²) in [5.74, 6) is -1.88.